The Balaban J connectivity index is 1.10. The lowest BCUT2D eigenvalue weighted by atomic mass is 9.81. The molecule has 0 fully saturated rings. The molecule has 0 bridgehead atoms. The third-order valence-corrected chi connectivity index (χ3v) is 13.4. The Bertz CT molecular complexity index is 3310. The summed E-state index contributed by atoms with van der Waals surface area (Å²) in [5, 5.41) is 7.68. The van der Waals surface area contributed by atoms with Gasteiger partial charge in [0.05, 0.1) is 32.5 Å². The van der Waals surface area contributed by atoms with Crippen molar-refractivity contribution in [2.24, 2.45) is 0 Å². The molecule has 2 nitrogen and oxygen atoms in total. The summed E-state index contributed by atoms with van der Waals surface area (Å²) in [5.41, 5.74) is 15.3. The highest BCUT2D eigenvalue weighted by atomic mass is 32.1. The average Bonchev–Trinajstić information content (AvgIpc) is 3.93. The summed E-state index contributed by atoms with van der Waals surface area (Å²) in [4.78, 5) is 0. The van der Waals surface area contributed by atoms with E-state index in [1.165, 1.54) is 103 Å². The highest BCUT2D eigenvalue weighted by molar-refractivity contribution is 7.26. The Labute approximate surface area is 316 Å². The molecule has 0 amide bonds. The summed E-state index contributed by atoms with van der Waals surface area (Å²) in [6.45, 7) is 4.73. The number of hydrogen-bond acceptors (Lipinski definition) is 1. The van der Waals surface area contributed by atoms with E-state index in [2.05, 4.69) is 193 Å². The van der Waals surface area contributed by atoms with Crippen LogP contribution in [0.2, 0.25) is 0 Å². The van der Waals surface area contributed by atoms with E-state index in [0.29, 0.717) is 0 Å². The molecule has 0 atom stereocenters. The van der Waals surface area contributed by atoms with Gasteiger partial charge in [0.25, 0.3) is 0 Å². The Morgan fingerprint density at radius 1 is 0.389 bits per heavy atom. The molecule has 0 spiro atoms. The molecule has 0 radical (unpaired) electrons. The molecule has 0 aliphatic heterocycles. The van der Waals surface area contributed by atoms with E-state index in [-0.39, 0.29) is 5.41 Å². The lowest BCUT2D eigenvalue weighted by molar-refractivity contribution is 0.660. The molecule has 0 unspecified atom stereocenters. The number of benzene rings is 8. The van der Waals surface area contributed by atoms with Crippen molar-refractivity contribution in [1.29, 1.82) is 0 Å². The molecule has 3 heterocycles. The lowest BCUT2D eigenvalue weighted by Crippen LogP contribution is -2.14. The zero-order valence-corrected chi connectivity index (χ0v) is 30.8. The van der Waals surface area contributed by atoms with E-state index in [1.807, 2.05) is 11.3 Å². The number of fused-ring (bicyclic) bond motifs is 12. The third-order valence-electron chi connectivity index (χ3n) is 12.1. The van der Waals surface area contributed by atoms with Crippen molar-refractivity contribution in [1.82, 2.24) is 9.13 Å². The predicted octanol–water partition coefficient (Wildman–Crippen LogP) is 14.2. The second-order valence-electron chi connectivity index (χ2n) is 15.3. The van der Waals surface area contributed by atoms with Gasteiger partial charge in [0.15, 0.2) is 0 Å². The van der Waals surface area contributed by atoms with E-state index in [1.54, 1.807) is 0 Å². The van der Waals surface area contributed by atoms with Crippen LogP contribution in [0.1, 0.15) is 25.0 Å². The summed E-state index contributed by atoms with van der Waals surface area (Å²) in [6, 6.07) is 63.2. The molecule has 8 aromatic carbocycles. The van der Waals surface area contributed by atoms with E-state index >= 15 is 0 Å². The van der Waals surface area contributed by atoms with Gasteiger partial charge >= 0.3 is 0 Å². The van der Waals surface area contributed by atoms with E-state index in [9.17, 15) is 0 Å². The minimum atomic E-state index is -0.0439. The predicted molar refractivity (Wildman–Crippen MR) is 231 cm³/mol. The van der Waals surface area contributed by atoms with Gasteiger partial charge in [0.1, 0.15) is 0 Å². The van der Waals surface area contributed by atoms with Gasteiger partial charge in [0, 0.05) is 48.1 Å². The molecular formula is C51H34N2S. The van der Waals surface area contributed by atoms with Crippen LogP contribution in [-0.2, 0) is 5.41 Å². The molecule has 0 saturated heterocycles. The molecule has 54 heavy (non-hydrogen) atoms. The van der Waals surface area contributed by atoms with Crippen molar-refractivity contribution in [3.05, 3.63) is 181 Å². The minimum Gasteiger partial charge on any atom is -0.309 e. The number of rotatable bonds is 3. The van der Waals surface area contributed by atoms with Gasteiger partial charge in [0.2, 0.25) is 0 Å². The fourth-order valence-corrected chi connectivity index (χ4v) is 11.0. The molecule has 254 valence electrons. The molecule has 3 aromatic heterocycles. The standard InChI is InChI=1S/C51H34N2S/c1-51(2)42-20-7-3-13-34(42)35-27-25-31(29-43(35)51)33-17-11-18-40-41-19-12-24-47(50(41)54-49(33)40)53-46-23-10-6-16-38(46)39-28-26-32(30-48(39)53)52-44-21-8-4-14-36(44)37-15-5-9-22-45(37)52/h3-30H,1-2H3. The molecule has 1 aliphatic rings. The second-order valence-corrected chi connectivity index (χ2v) is 16.3. The van der Waals surface area contributed by atoms with Gasteiger partial charge < -0.3 is 9.13 Å². The average molecular weight is 707 g/mol. The highest BCUT2D eigenvalue weighted by Crippen LogP contribution is 2.51. The first-order valence-electron chi connectivity index (χ1n) is 18.8. The summed E-state index contributed by atoms with van der Waals surface area (Å²) in [7, 11) is 0. The number of thiophene rings is 1. The maximum Gasteiger partial charge on any atom is 0.0640 e. The van der Waals surface area contributed by atoms with Gasteiger partial charge in [-0.1, -0.05) is 141 Å². The topological polar surface area (TPSA) is 9.86 Å². The first kappa shape index (κ1) is 30.1. The van der Waals surface area contributed by atoms with E-state index in [4.69, 9.17) is 0 Å². The van der Waals surface area contributed by atoms with Crippen LogP contribution >= 0.6 is 11.3 Å². The minimum absolute atomic E-state index is 0.0439. The molecule has 12 rings (SSSR count). The summed E-state index contributed by atoms with van der Waals surface area (Å²) < 4.78 is 7.57. The Hall–Kier alpha value is -6.42. The number of nitrogens with zero attached hydrogens (tertiary/aromatic N) is 2. The van der Waals surface area contributed by atoms with Crippen LogP contribution in [0.15, 0.2) is 170 Å². The van der Waals surface area contributed by atoms with Crippen LogP contribution in [-0.4, -0.2) is 9.13 Å². The number of para-hydroxylation sites is 3. The largest absolute Gasteiger partial charge is 0.309 e. The van der Waals surface area contributed by atoms with Crippen LogP contribution in [0.3, 0.4) is 0 Å². The number of aromatic nitrogens is 2. The van der Waals surface area contributed by atoms with E-state index < -0.39 is 0 Å². The summed E-state index contributed by atoms with van der Waals surface area (Å²) >= 11 is 1.93. The fourth-order valence-electron chi connectivity index (χ4n) is 9.64. The summed E-state index contributed by atoms with van der Waals surface area (Å²) in [6.07, 6.45) is 0. The molecular weight excluding hydrogens is 673 g/mol. The van der Waals surface area contributed by atoms with Gasteiger partial charge in [-0.2, -0.15) is 0 Å². The zero-order valence-electron chi connectivity index (χ0n) is 30.0. The van der Waals surface area contributed by atoms with Crippen LogP contribution < -0.4 is 0 Å². The molecule has 0 saturated carbocycles. The van der Waals surface area contributed by atoms with Crippen LogP contribution in [0, 0.1) is 0 Å². The van der Waals surface area contributed by atoms with Crippen molar-refractivity contribution < 1.29 is 0 Å². The van der Waals surface area contributed by atoms with Crippen molar-refractivity contribution >= 4 is 75.1 Å². The zero-order chi connectivity index (χ0) is 35.7. The van der Waals surface area contributed by atoms with Crippen LogP contribution in [0.5, 0.6) is 0 Å². The van der Waals surface area contributed by atoms with Crippen molar-refractivity contribution in [3.63, 3.8) is 0 Å². The quantitative estimate of drug-likeness (QED) is 0.173. The number of hydrogen-bond donors (Lipinski definition) is 0. The first-order chi connectivity index (χ1) is 26.6. The second kappa shape index (κ2) is 10.8. The Kier molecular flexibility index (Phi) is 6.03. The fraction of sp³-hybridized carbons (Fsp3) is 0.0588. The van der Waals surface area contributed by atoms with Gasteiger partial charge in [-0.25, -0.2) is 0 Å². The maximum absolute atomic E-state index is 2.51. The highest BCUT2D eigenvalue weighted by Gasteiger charge is 2.35. The van der Waals surface area contributed by atoms with Gasteiger partial charge in [-0.15, -0.1) is 11.3 Å². The molecule has 3 heteroatoms. The van der Waals surface area contributed by atoms with Crippen molar-refractivity contribution in [3.8, 4) is 33.6 Å². The SMILES string of the molecule is CC1(C)c2ccccc2-c2ccc(-c3cccc4c3sc3c(-n5c6ccccc6c6ccc(-n7c8ccccc8c8ccccc87)cc65)cccc34)cc21. The van der Waals surface area contributed by atoms with Crippen LogP contribution in [0.4, 0.5) is 0 Å². The third kappa shape index (κ3) is 3.94. The smallest absolute Gasteiger partial charge is 0.0640 e. The Morgan fingerprint density at radius 2 is 0.944 bits per heavy atom. The van der Waals surface area contributed by atoms with Gasteiger partial charge in [-0.05, 0) is 75.8 Å². The first-order valence-corrected chi connectivity index (χ1v) is 19.6. The summed E-state index contributed by atoms with van der Waals surface area (Å²) in [5.74, 6) is 0. The monoisotopic (exact) mass is 706 g/mol. The van der Waals surface area contributed by atoms with Gasteiger partial charge in [-0.3, -0.25) is 0 Å². The van der Waals surface area contributed by atoms with Crippen molar-refractivity contribution in [2.75, 3.05) is 0 Å². The maximum atomic E-state index is 2.51. The molecule has 11 aromatic rings. The normalized spacial score (nSPS) is 13.5. The Morgan fingerprint density at radius 3 is 1.69 bits per heavy atom. The lowest BCUT2D eigenvalue weighted by Gasteiger charge is -2.22. The molecule has 0 N–H and O–H groups in total. The van der Waals surface area contributed by atoms with E-state index in [0.717, 1.165) is 5.69 Å². The van der Waals surface area contributed by atoms with Crippen molar-refractivity contribution in [2.45, 2.75) is 19.3 Å². The van der Waals surface area contributed by atoms with Crippen LogP contribution in [0.25, 0.3) is 97.4 Å². The molecule has 1 aliphatic carbocycles.